The molecular formula is C27H25NO5. The Morgan fingerprint density at radius 3 is 2.03 bits per heavy atom. The zero-order valence-electron chi connectivity index (χ0n) is 18.3. The van der Waals surface area contributed by atoms with E-state index in [9.17, 15) is 19.2 Å². The predicted octanol–water partition coefficient (Wildman–Crippen LogP) is 4.16. The fourth-order valence-corrected chi connectivity index (χ4v) is 7.08. The molecule has 0 unspecified atom stereocenters. The van der Waals surface area contributed by atoms with Gasteiger partial charge >= 0.3 is 5.97 Å². The molecule has 6 heteroatoms. The maximum atomic E-state index is 13.1. The standard InChI is InChI=1S/C27H25NO5/c29-22(14-33-26(32)27-11-15-8-16(12-27)10-17(9-15)13-27)28-21-7-3-6-20-23(21)25(31)19-5-2-1-4-18(19)24(20)30/h1-7,15-17H,8-14H2,(H,28,29). The number of anilines is 1. The summed E-state index contributed by atoms with van der Waals surface area (Å²) in [6.07, 6.45) is 6.30. The molecule has 4 bridgehead atoms. The topological polar surface area (TPSA) is 89.5 Å². The monoisotopic (exact) mass is 443 g/mol. The van der Waals surface area contributed by atoms with Gasteiger partial charge in [0.2, 0.25) is 0 Å². The number of rotatable bonds is 4. The van der Waals surface area contributed by atoms with Gasteiger partial charge in [0.05, 0.1) is 16.7 Å². The molecule has 4 saturated carbocycles. The lowest BCUT2D eigenvalue weighted by Crippen LogP contribution is -2.50. The number of nitrogens with one attached hydrogen (secondary N) is 1. The van der Waals surface area contributed by atoms with Gasteiger partial charge in [-0.05, 0) is 62.3 Å². The first-order chi connectivity index (χ1) is 15.9. The first-order valence-corrected chi connectivity index (χ1v) is 11.7. The van der Waals surface area contributed by atoms with Crippen LogP contribution in [0.5, 0.6) is 0 Å². The van der Waals surface area contributed by atoms with E-state index in [1.54, 1.807) is 42.5 Å². The Hall–Kier alpha value is -3.28. The molecule has 0 aliphatic heterocycles. The molecule has 0 heterocycles. The van der Waals surface area contributed by atoms with E-state index in [2.05, 4.69) is 5.32 Å². The molecule has 33 heavy (non-hydrogen) atoms. The lowest BCUT2D eigenvalue weighted by Gasteiger charge is -2.55. The summed E-state index contributed by atoms with van der Waals surface area (Å²) < 4.78 is 5.51. The van der Waals surface area contributed by atoms with Crippen LogP contribution in [0.15, 0.2) is 42.5 Å². The maximum absolute atomic E-state index is 13.1. The second-order valence-electron chi connectivity index (χ2n) is 10.3. The van der Waals surface area contributed by atoms with Crippen LogP contribution in [-0.4, -0.2) is 30.0 Å². The van der Waals surface area contributed by atoms with Gasteiger partial charge in [-0.1, -0.05) is 36.4 Å². The summed E-state index contributed by atoms with van der Waals surface area (Å²) in [6, 6.07) is 11.5. The van der Waals surface area contributed by atoms with Gasteiger partial charge in [0, 0.05) is 16.7 Å². The molecule has 1 N–H and O–H groups in total. The van der Waals surface area contributed by atoms with E-state index in [1.807, 2.05) is 0 Å². The van der Waals surface area contributed by atoms with Crippen LogP contribution in [0.2, 0.25) is 0 Å². The fourth-order valence-electron chi connectivity index (χ4n) is 7.08. The molecule has 0 aromatic heterocycles. The summed E-state index contributed by atoms with van der Waals surface area (Å²) in [5.74, 6) is 0.512. The Labute approximate surface area is 191 Å². The number of ether oxygens (including phenoxy) is 1. The number of fused-ring (bicyclic) bond motifs is 2. The molecule has 1 amide bonds. The van der Waals surface area contributed by atoms with Crippen molar-refractivity contribution in [3.05, 3.63) is 64.7 Å². The van der Waals surface area contributed by atoms with E-state index in [1.165, 1.54) is 19.3 Å². The van der Waals surface area contributed by atoms with Gasteiger partial charge in [0.1, 0.15) is 0 Å². The van der Waals surface area contributed by atoms with Gasteiger partial charge in [-0.25, -0.2) is 0 Å². The quantitative estimate of drug-likeness (QED) is 0.612. The minimum Gasteiger partial charge on any atom is -0.455 e. The van der Waals surface area contributed by atoms with E-state index < -0.39 is 17.9 Å². The molecule has 4 fully saturated rings. The summed E-state index contributed by atoms with van der Waals surface area (Å²) >= 11 is 0. The summed E-state index contributed by atoms with van der Waals surface area (Å²) in [5, 5.41) is 2.69. The van der Waals surface area contributed by atoms with E-state index >= 15 is 0 Å². The molecule has 7 rings (SSSR count). The largest absolute Gasteiger partial charge is 0.455 e. The molecule has 2 aromatic carbocycles. The molecule has 0 radical (unpaired) electrons. The van der Waals surface area contributed by atoms with Crippen LogP contribution in [0.4, 0.5) is 5.69 Å². The summed E-state index contributed by atoms with van der Waals surface area (Å²) in [5.41, 5.74) is 0.973. The summed E-state index contributed by atoms with van der Waals surface area (Å²) in [7, 11) is 0. The maximum Gasteiger partial charge on any atom is 0.312 e. The highest BCUT2D eigenvalue weighted by molar-refractivity contribution is 6.30. The smallest absolute Gasteiger partial charge is 0.312 e. The first-order valence-electron chi connectivity index (χ1n) is 11.7. The van der Waals surface area contributed by atoms with Crippen LogP contribution in [0.25, 0.3) is 0 Å². The summed E-state index contributed by atoms with van der Waals surface area (Å²) in [4.78, 5) is 51.7. The number of esters is 1. The fraction of sp³-hybridized carbons (Fsp3) is 0.407. The van der Waals surface area contributed by atoms with Gasteiger partial charge in [-0.3, -0.25) is 19.2 Å². The second kappa shape index (κ2) is 7.37. The van der Waals surface area contributed by atoms with Gasteiger partial charge < -0.3 is 10.1 Å². The average molecular weight is 443 g/mol. The highest BCUT2D eigenvalue weighted by Gasteiger charge is 2.55. The number of ketones is 2. The lowest BCUT2D eigenvalue weighted by molar-refractivity contribution is -0.172. The zero-order chi connectivity index (χ0) is 22.7. The highest BCUT2D eigenvalue weighted by atomic mass is 16.5. The van der Waals surface area contributed by atoms with E-state index in [-0.39, 0.29) is 34.4 Å². The van der Waals surface area contributed by atoms with E-state index in [0.29, 0.717) is 28.9 Å². The second-order valence-corrected chi connectivity index (χ2v) is 10.3. The predicted molar refractivity (Wildman–Crippen MR) is 120 cm³/mol. The first kappa shape index (κ1) is 20.3. The van der Waals surface area contributed by atoms with Gasteiger partial charge in [-0.15, -0.1) is 0 Å². The van der Waals surface area contributed by atoms with Crippen molar-refractivity contribution in [2.24, 2.45) is 23.2 Å². The van der Waals surface area contributed by atoms with Crippen molar-refractivity contribution >= 4 is 29.1 Å². The van der Waals surface area contributed by atoms with E-state index in [0.717, 1.165) is 19.3 Å². The minimum absolute atomic E-state index is 0.182. The van der Waals surface area contributed by atoms with Crippen LogP contribution in [0.1, 0.15) is 70.4 Å². The molecule has 6 nitrogen and oxygen atoms in total. The highest BCUT2D eigenvalue weighted by Crippen LogP contribution is 2.60. The molecule has 0 spiro atoms. The van der Waals surface area contributed by atoms with Crippen molar-refractivity contribution in [3.8, 4) is 0 Å². The average Bonchev–Trinajstić information content (AvgIpc) is 2.80. The van der Waals surface area contributed by atoms with Crippen LogP contribution >= 0.6 is 0 Å². The zero-order valence-corrected chi connectivity index (χ0v) is 18.3. The Bertz CT molecular complexity index is 1180. The summed E-state index contributed by atoms with van der Waals surface area (Å²) in [6.45, 7) is -0.400. The molecular weight excluding hydrogens is 418 g/mol. The van der Waals surface area contributed by atoms with Crippen molar-refractivity contribution in [3.63, 3.8) is 0 Å². The van der Waals surface area contributed by atoms with Crippen molar-refractivity contribution < 1.29 is 23.9 Å². The Balaban J connectivity index is 1.17. The Morgan fingerprint density at radius 1 is 0.818 bits per heavy atom. The van der Waals surface area contributed by atoms with Crippen molar-refractivity contribution in [2.45, 2.75) is 38.5 Å². The van der Waals surface area contributed by atoms with Crippen molar-refractivity contribution in [1.82, 2.24) is 0 Å². The minimum atomic E-state index is -0.513. The number of carbonyl (C=O) groups is 4. The Kier molecular flexibility index (Phi) is 4.54. The lowest BCUT2D eigenvalue weighted by atomic mass is 9.49. The van der Waals surface area contributed by atoms with E-state index in [4.69, 9.17) is 4.74 Å². The molecule has 0 atom stereocenters. The Morgan fingerprint density at radius 2 is 1.39 bits per heavy atom. The molecule has 5 aliphatic carbocycles. The molecule has 5 aliphatic rings. The third kappa shape index (κ3) is 3.23. The molecule has 0 saturated heterocycles. The third-order valence-corrected chi connectivity index (χ3v) is 8.03. The molecule has 168 valence electrons. The normalized spacial score (nSPS) is 28.8. The number of carbonyl (C=O) groups excluding carboxylic acids is 4. The van der Waals surface area contributed by atoms with Crippen LogP contribution in [-0.2, 0) is 14.3 Å². The number of benzene rings is 2. The van der Waals surface area contributed by atoms with Crippen molar-refractivity contribution in [1.29, 1.82) is 0 Å². The van der Waals surface area contributed by atoms with Gasteiger partial charge in [0.25, 0.3) is 5.91 Å². The van der Waals surface area contributed by atoms with Gasteiger partial charge in [0.15, 0.2) is 18.2 Å². The number of amides is 1. The van der Waals surface area contributed by atoms with Crippen molar-refractivity contribution in [2.75, 3.05) is 11.9 Å². The van der Waals surface area contributed by atoms with Crippen LogP contribution < -0.4 is 5.32 Å². The number of hydrogen-bond acceptors (Lipinski definition) is 5. The molecule has 2 aromatic rings. The van der Waals surface area contributed by atoms with Gasteiger partial charge in [-0.2, -0.15) is 0 Å². The van der Waals surface area contributed by atoms with Crippen LogP contribution in [0.3, 0.4) is 0 Å². The third-order valence-electron chi connectivity index (χ3n) is 8.03. The van der Waals surface area contributed by atoms with Crippen LogP contribution in [0, 0.1) is 23.2 Å². The number of hydrogen-bond donors (Lipinski definition) is 1. The SMILES string of the molecule is O=C(COC(=O)C12CC3CC(CC(C3)C1)C2)Nc1cccc2c1C(=O)c1ccccc1C2=O.